The van der Waals surface area contributed by atoms with Crippen molar-refractivity contribution in [1.82, 2.24) is 4.90 Å². The zero-order chi connectivity index (χ0) is 19.5. The maximum absolute atomic E-state index is 12.9. The van der Waals surface area contributed by atoms with E-state index in [9.17, 15) is 14.4 Å². The number of nitrogens with one attached hydrogen (secondary N) is 1. The Labute approximate surface area is 164 Å². The van der Waals surface area contributed by atoms with Crippen molar-refractivity contribution in [1.29, 1.82) is 0 Å². The van der Waals surface area contributed by atoms with E-state index in [1.165, 1.54) is 4.90 Å². The van der Waals surface area contributed by atoms with E-state index in [1.807, 2.05) is 48.5 Å². The average molecular weight is 377 g/mol. The Morgan fingerprint density at radius 2 is 1.50 bits per heavy atom. The SMILES string of the molecule is O=C(Nc1ccccc1)C1CCN(C2CC(=O)N(c3ccccc3)C2=O)CC1. The van der Waals surface area contributed by atoms with Crippen molar-refractivity contribution < 1.29 is 14.4 Å². The Bertz CT molecular complexity index is 861. The van der Waals surface area contributed by atoms with Crippen LogP contribution in [0, 0.1) is 5.92 Å². The molecule has 1 unspecified atom stereocenters. The van der Waals surface area contributed by atoms with Crippen molar-refractivity contribution in [3.05, 3.63) is 60.7 Å². The molecule has 2 fully saturated rings. The molecule has 0 aliphatic carbocycles. The number of nitrogens with zero attached hydrogens (tertiary/aromatic N) is 2. The van der Waals surface area contributed by atoms with Gasteiger partial charge in [0.05, 0.1) is 18.2 Å². The fourth-order valence-electron chi connectivity index (χ4n) is 3.99. The van der Waals surface area contributed by atoms with E-state index in [1.54, 1.807) is 12.1 Å². The average Bonchev–Trinajstić information content (AvgIpc) is 3.03. The van der Waals surface area contributed by atoms with Gasteiger partial charge in [0.1, 0.15) is 0 Å². The van der Waals surface area contributed by atoms with E-state index in [4.69, 9.17) is 0 Å². The third kappa shape index (κ3) is 3.68. The van der Waals surface area contributed by atoms with Crippen molar-refractivity contribution in [3.8, 4) is 0 Å². The van der Waals surface area contributed by atoms with Gasteiger partial charge < -0.3 is 5.32 Å². The zero-order valence-corrected chi connectivity index (χ0v) is 15.6. The highest BCUT2D eigenvalue weighted by Crippen LogP contribution is 2.28. The van der Waals surface area contributed by atoms with Crippen LogP contribution in [0.25, 0.3) is 0 Å². The Morgan fingerprint density at radius 3 is 2.14 bits per heavy atom. The highest BCUT2D eigenvalue weighted by atomic mass is 16.2. The molecule has 0 spiro atoms. The lowest BCUT2D eigenvalue weighted by Crippen LogP contribution is -2.47. The summed E-state index contributed by atoms with van der Waals surface area (Å²) in [7, 11) is 0. The van der Waals surface area contributed by atoms with Crippen molar-refractivity contribution in [3.63, 3.8) is 0 Å². The van der Waals surface area contributed by atoms with Crippen LogP contribution < -0.4 is 10.2 Å². The second-order valence-corrected chi connectivity index (χ2v) is 7.29. The zero-order valence-electron chi connectivity index (χ0n) is 15.6. The van der Waals surface area contributed by atoms with Crippen LogP contribution in [0.5, 0.6) is 0 Å². The van der Waals surface area contributed by atoms with Crippen molar-refractivity contribution in [2.45, 2.75) is 25.3 Å². The van der Waals surface area contributed by atoms with Gasteiger partial charge in [-0.2, -0.15) is 0 Å². The van der Waals surface area contributed by atoms with Crippen LogP contribution in [0.2, 0.25) is 0 Å². The molecular formula is C22H23N3O3. The summed E-state index contributed by atoms with van der Waals surface area (Å²) in [6, 6.07) is 18.0. The first kappa shape index (κ1) is 18.4. The summed E-state index contributed by atoms with van der Waals surface area (Å²) in [5.41, 5.74) is 1.42. The number of carbonyl (C=O) groups is 3. The van der Waals surface area contributed by atoms with Gasteiger partial charge in [-0.05, 0) is 50.2 Å². The number of rotatable bonds is 4. The monoisotopic (exact) mass is 377 g/mol. The maximum atomic E-state index is 12.9. The second-order valence-electron chi connectivity index (χ2n) is 7.29. The predicted molar refractivity (Wildman–Crippen MR) is 107 cm³/mol. The summed E-state index contributed by atoms with van der Waals surface area (Å²) >= 11 is 0. The van der Waals surface area contributed by atoms with Gasteiger partial charge in [0, 0.05) is 11.6 Å². The Kier molecular flexibility index (Phi) is 5.21. The number of piperidine rings is 1. The van der Waals surface area contributed by atoms with Gasteiger partial charge in [0.25, 0.3) is 5.91 Å². The molecular weight excluding hydrogens is 354 g/mol. The second kappa shape index (κ2) is 7.94. The first-order valence-electron chi connectivity index (χ1n) is 9.65. The molecule has 6 nitrogen and oxygen atoms in total. The number of imide groups is 1. The predicted octanol–water partition coefficient (Wildman–Crippen LogP) is 2.67. The van der Waals surface area contributed by atoms with Crippen LogP contribution in [0.15, 0.2) is 60.7 Å². The van der Waals surface area contributed by atoms with Crippen LogP contribution in [-0.2, 0) is 14.4 Å². The highest BCUT2D eigenvalue weighted by molar-refractivity contribution is 6.22. The number of para-hydroxylation sites is 2. The molecule has 0 radical (unpaired) electrons. The first-order valence-corrected chi connectivity index (χ1v) is 9.65. The van der Waals surface area contributed by atoms with E-state index in [0.717, 1.165) is 5.69 Å². The van der Waals surface area contributed by atoms with Gasteiger partial charge in [0.15, 0.2) is 0 Å². The molecule has 0 bridgehead atoms. The van der Waals surface area contributed by atoms with Gasteiger partial charge in [-0.1, -0.05) is 36.4 Å². The molecule has 3 amide bonds. The fourth-order valence-corrected chi connectivity index (χ4v) is 3.99. The molecule has 2 heterocycles. The van der Waals surface area contributed by atoms with Crippen molar-refractivity contribution >= 4 is 29.1 Å². The van der Waals surface area contributed by atoms with E-state index in [0.29, 0.717) is 31.6 Å². The van der Waals surface area contributed by atoms with Gasteiger partial charge in [-0.15, -0.1) is 0 Å². The molecule has 2 aliphatic heterocycles. The molecule has 28 heavy (non-hydrogen) atoms. The molecule has 144 valence electrons. The Balaban J connectivity index is 1.36. The number of likely N-dealkylation sites (tertiary alicyclic amines) is 1. The summed E-state index contributed by atoms with van der Waals surface area (Å²) in [5, 5.41) is 2.95. The smallest absolute Gasteiger partial charge is 0.251 e. The molecule has 6 heteroatoms. The molecule has 0 aromatic heterocycles. The third-order valence-corrected chi connectivity index (χ3v) is 5.52. The molecule has 2 aromatic carbocycles. The molecule has 2 aliphatic rings. The molecule has 1 N–H and O–H groups in total. The van der Waals surface area contributed by atoms with E-state index >= 15 is 0 Å². The van der Waals surface area contributed by atoms with Gasteiger partial charge in [-0.25, -0.2) is 4.90 Å². The van der Waals surface area contributed by atoms with Gasteiger partial charge in [-0.3, -0.25) is 19.3 Å². The maximum Gasteiger partial charge on any atom is 0.251 e. The van der Waals surface area contributed by atoms with E-state index in [-0.39, 0.29) is 30.1 Å². The summed E-state index contributed by atoms with van der Waals surface area (Å²) in [4.78, 5) is 41.1. The largest absolute Gasteiger partial charge is 0.326 e. The number of hydrogen-bond acceptors (Lipinski definition) is 4. The molecule has 1 atom stereocenters. The normalized spacial score (nSPS) is 21.1. The standard InChI is InChI=1S/C22H23N3O3/c26-20-15-19(22(28)25(20)18-9-5-2-6-10-18)24-13-11-16(12-14-24)21(27)23-17-7-3-1-4-8-17/h1-10,16,19H,11-15H2,(H,23,27). The van der Waals surface area contributed by atoms with E-state index in [2.05, 4.69) is 10.2 Å². The minimum Gasteiger partial charge on any atom is -0.326 e. The van der Waals surface area contributed by atoms with Crippen LogP contribution in [0.1, 0.15) is 19.3 Å². The quantitative estimate of drug-likeness (QED) is 0.832. The van der Waals surface area contributed by atoms with Crippen molar-refractivity contribution in [2.24, 2.45) is 5.92 Å². The van der Waals surface area contributed by atoms with Crippen LogP contribution in [0.3, 0.4) is 0 Å². The Morgan fingerprint density at radius 1 is 0.893 bits per heavy atom. The lowest BCUT2D eigenvalue weighted by atomic mass is 9.94. The molecule has 2 aromatic rings. The third-order valence-electron chi connectivity index (χ3n) is 5.52. The van der Waals surface area contributed by atoms with Crippen LogP contribution in [0.4, 0.5) is 11.4 Å². The number of carbonyl (C=O) groups excluding carboxylic acids is 3. The van der Waals surface area contributed by atoms with E-state index < -0.39 is 6.04 Å². The lowest BCUT2D eigenvalue weighted by Gasteiger charge is -2.34. The summed E-state index contributed by atoms with van der Waals surface area (Å²) in [5.74, 6) is -0.381. The number of amides is 3. The van der Waals surface area contributed by atoms with Gasteiger partial charge in [0.2, 0.25) is 11.8 Å². The van der Waals surface area contributed by atoms with Crippen LogP contribution >= 0.6 is 0 Å². The number of anilines is 2. The summed E-state index contributed by atoms with van der Waals surface area (Å²) in [6.45, 7) is 1.28. The fraction of sp³-hybridized carbons (Fsp3) is 0.318. The molecule has 4 rings (SSSR count). The lowest BCUT2D eigenvalue weighted by molar-refractivity contribution is -0.123. The summed E-state index contributed by atoms with van der Waals surface area (Å²) < 4.78 is 0. The van der Waals surface area contributed by atoms with Gasteiger partial charge >= 0.3 is 0 Å². The highest BCUT2D eigenvalue weighted by Gasteiger charge is 2.43. The molecule has 2 saturated heterocycles. The number of benzene rings is 2. The van der Waals surface area contributed by atoms with Crippen molar-refractivity contribution in [2.75, 3.05) is 23.3 Å². The summed E-state index contributed by atoms with van der Waals surface area (Å²) in [6.07, 6.45) is 1.57. The topological polar surface area (TPSA) is 69.7 Å². The minimum atomic E-state index is -0.425. The van der Waals surface area contributed by atoms with Crippen LogP contribution in [-0.4, -0.2) is 41.8 Å². The first-order chi connectivity index (χ1) is 13.6. The minimum absolute atomic E-state index is 0.0191. The Hall–Kier alpha value is -2.99. The molecule has 0 saturated carbocycles. The number of hydrogen-bond donors (Lipinski definition) is 1.